The van der Waals surface area contributed by atoms with Crippen LogP contribution in [0.1, 0.15) is 30.5 Å². The second-order valence-electron chi connectivity index (χ2n) is 5.12. The molecule has 0 saturated carbocycles. The first-order chi connectivity index (χ1) is 9.12. The van der Waals surface area contributed by atoms with Crippen LogP contribution < -0.4 is 0 Å². The highest BCUT2D eigenvalue weighted by molar-refractivity contribution is 6.17. The van der Waals surface area contributed by atoms with Crippen molar-refractivity contribution in [1.82, 2.24) is 0 Å². The van der Waals surface area contributed by atoms with E-state index in [2.05, 4.69) is 38.1 Å². The normalized spacial score (nSPS) is 11.5. The molecule has 0 aliphatic heterocycles. The number of ether oxygens (including phenoxy) is 1. The lowest BCUT2D eigenvalue weighted by Gasteiger charge is -2.26. The summed E-state index contributed by atoms with van der Waals surface area (Å²) in [5.74, 6) is 0.552. The second-order valence-corrected chi connectivity index (χ2v) is 5.38. The molecule has 19 heavy (non-hydrogen) atoms. The van der Waals surface area contributed by atoms with Crippen molar-refractivity contribution in [3.63, 3.8) is 0 Å². The molecule has 0 heterocycles. The van der Waals surface area contributed by atoms with Crippen LogP contribution in [-0.2, 0) is 22.8 Å². The maximum Gasteiger partial charge on any atom is 0.0879 e. The fraction of sp³-hybridized carbons (Fsp3) is 0.294. The molecule has 2 aromatic carbocycles. The zero-order valence-corrected chi connectivity index (χ0v) is 12.2. The van der Waals surface area contributed by atoms with Crippen molar-refractivity contribution in [2.75, 3.05) is 0 Å². The van der Waals surface area contributed by atoms with E-state index in [1.54, 1.807) is 0 Å². The van der Waals surface area contributed by atoms with Gasteiger partial charge >= 0.3 is 0 Å². The van der Waals surface area contributed by atoms with Gasteiger partial charge in [-0.1, -0.05) is 54.6 Å². The van der Waals surface area contributed by atoms with Crippen molar-refractivity contribution < 1.29 is 4.74 Å². The van der Waals surface area contributed by atoms with Gasteiger partial charge in [0.2, 0.25) is 0 Å². The number of rotatable bonds is 5. The van der Waals surface area contributed by atoms with E-state index in [-0.39, 0.29) is 5.60 Å². The number of hydrogen-bond donors (Lipinski definition) is 0. The Hall–Kier alpha value is -1.31. The van der Waals surface area contributed by atoms with E-state index in [1.807, 2.05) is 30.3 Å². The molecule has 0 fully saturated rings. The van der Waals surface area contributed by atoms with Crippen LogP contribution in [0, 0.1) is 0 Å². The third-order valence-corrected chi connectivity index (χ3v) is 3.55. The van der Waals surface area contributed by atoms with Crippen molar-refractivity contribution in [2.24, 2.45) is 0 Å². The summed E-state index contributed by atoms with van der Waals surface area (Å²) in [6.45, 7) is 4.79. The largest absolute Gasteiger partial charge is 0.366 e. The molecule has 100 valence electrons. The Morgan fingerprint density at radius 3 is 2.05 bits per heavy atom. The van der Waals surface area contributed by atoms with Crippen LogP contribution in [0.3, 0.4) is 0 Å². The van der Waals surface area contributed by atoms with Crippen molar-refractivity contribution in [1.29, 1.82) is 0 Å². The second kappa shape index (κ2) is 6.23. The first-order valence-electron chi connectivity index (χ1n) is 6.45. The Labute approximate surface area is 120 Å². The van der Waals surface area contributed by atoms with Gasteiger partial charge in [-0.2, -0.15) is 0 Å². The molecular formula is C17H19ClO. The van der Waals surface area contributed by atoms with Gasteiger partial charge in [-0.05, 0) is 30.5 Å². The maximum absolute atomic E-state index is 6.04. The molecule has 0 N–H and O–H groups in total. The predicted octanol–water partition coefficient (Wildman–Crippen LogP) is 4.88. The van der Waals surface area contributed by atoms with E-state index < -0.39 is 0 Å². The highest BCUT2D eigenvalue weighted by Gasteiger charge is 2.20. The van der Waals surface area contributed by atoms with Crippen molar-refractivity contribution >= 4 is 11.6 Å². The van der Waals surface area contributed by atoms with Gasteiger partial charge in [0.25, 0.3) is 0 Å². The zero-order valence-electron chi connectivity index (χ0n) is 11.4. The molecule has 0 atom stereocenters. The number of halogens is 1. The van der Waals surface area contributed by atoms with Crippen LogP contribution >= 0.6 is 11.6 Å². The van der Waals surface area contributed by atoms with Crippen LogP contribution in [0.2, 0.25) is 0 Å². The third kappa shape index (κ3) is 3.82. The summed E-state index contributed by atoms with van der Waals surface area (Å²) < 4.78 is 6.04. The molecule has 0 aromatic heterocycles. The summed E-state index contributed by atoms with van der Waals surface area (Å²) in [7, 11) is 0. The Morgan fingerprint density at radius 2 is 1.47 bits per heavy atom. The smallest absolute Gasteiger partial charge is 0.0879 e. The summed E-state index contributed by atoms with van der Waals surface area (Å²) in [4.78, 5) is 0. The van der Waals surface area contributed by atoms with E-state index in [0.29, 0.717) is 12.5 Å². The third-order valence-electron chi connectivity index (χ3n) is 3.25. The van der Waals surface area contributed by atoms with Crippen LogP contribution in [0.25, 0.3) is 0 Å². The Morgan fingerprint density at radius 1 is 0.895 bits per heavy atom. The van der Waals surface area contributed by atoms with Gasteiger partial charge in [0.15, 0.2) is 0 Å². The monoisotopic (exact) mass is 274 g/mol. The van der Waals surface area contributed by atoms with Gasteiger partial charge < -0.3 is 4.74 Å². The highest BCUT2D eigenvalue weighted by atomic mass is 35.5. The van der Waals surface area contributed by atoms with Gasteiger partial charge in [0.05, 0.1) is 12.2 Å². The van der Waals surface area contributed by atoms with E-state index >= 15 is 0 Å². The van der Waals surface area contributed by atoms with Gasteiger partial charge in [-0.25, -0.2) is 0 Å². The molecule has 0 amide bonds. The van der Waals surface area contributed by atoms with Gasteiger partial charge in [0, 0.05) is 5.88 Å². The highest BCUT2D eigenvalue weighted by Crippen LogP contribution is 2.25. The van der Waals surface area contributed by atoms with Crippen LogP contribution in [0.5, 0.6) is 0 Å². The molecule has 0 bridgehead atoms. The van der Waals surface area contributed by atoms with Gasteiger partial charge in [-0.3, -0.25) is 0 Å². The van der Waals surface area contributed by atoms with E-state index in [9.17, 15) is 0 Å². The summed E-state index contributed by atoms with van der Waals surface area (Å²) >= 11 is 5.78. The van der Waals surface area contributed by atoms with Crippen LogP contribution in [-0.4, -0.2) is 0 Å². The standard InChI is InChI=1S/C17H19ClO/c1-17(2,16-6-4-3-5-7-16)19-13-15-10-8-14(12-18)9-11-15/h3-11H,12-13H2,1-2H3. The minimum absolute atomic E-state index is 0.285. The molecular weight excluding hydrogens is 256 g/mol. The molecule has 0 unspecified atom stereocenters. The molecule has 0 aliphatic rings. The summed E-state index contributed by atoms with van der Waals surface area (Å²) in [6.07, 6.45) is 0. The van der Waals surface area contributed by atoms with Crippen molar-refractivity contribution in [3.8, 4) is 0 Å². The zero-order chi connectivity index (χ0) is 13.7. The Kier molecular flexibility index (Phi) is 4.62. The summed E-state index contributed by atoms with van der Waals surface area (Å²) in [5.41, 5.74) is 3.20. The molecule has 0 radical (unpaired) electrons. The molecule has 2 aromatic rings. The lowest BCUT2D eigenvalue weighted by atomic mass is 9.98. The average Bonchev–Trinajstić information content (AvgIpc) is 2.47. The Balaban J connectivity index is 2.01. The predicted molar refractivity (Wildman–Crippen MR) is 80.3 cm³/mol. The quantitative estimate of drug-likeness (QED) is 0.706. The molecule has 1 nitrogen and oxygen atoms in total. The van der Waals surface area contributed by atoms with Gasteiger partial charge in [-0.15, -0.1) is 11.6 Å². The SMILES string of the molecule is CC(C)(OCc1ccc(CCl)cc1)c1ccccc1. The van der Waals surface area contributed by atoms with E-state index in [0.717, 1.165) is 11.1 Å². The molecule has 2 rings (SSSR count). The summed E-state index contributed by atoms with van der Waals surface area (Å²) in [6, 6.07) is 18.5. The minimum Gasteiger partial charge on any atom is -0.366 e. The lowest BCUT2D eigenvalue weighted by molar-refractivity contribution is -0.0337. The van der Waals surface area contributed by atoms with E-state index in [4.69, 9.17) is 16.3 Å². The van der Waals surface area contributed by atoms with Crippen LogP contribution in [0.15, 0.2) is 54.6 Å². The maximum atomic E-state index is 6.04. The number of hydrogen-bond acceptors (Lipinski definition) is 1. The average molecular weight is 275 g/mol. The fourth-order valence-electron chi connectivity index (χ4n) is 1.91. The number of alkyl halides is 1. The molecule has 0 spiro atoms. The first-order valence-corrected chi connectivity index (χ1v) is 6.98. The molecule has 0 saturated heterocycles. The topological polar surface area (TPSA) is 9.23 Å². The van der Waals surface area contributed by atoms with E-state index in [1.165, 1.54) is 5.56 Å². The minimum atomic E-state index is -0.285. The summed E-state index contributed by atoms with van der Waals surface area (Å²) in [5, 5.41) is 0. The van der Waals surface area contributed by atoms with Crippen molar-refractivity contribution in [3.05, 3.63) is 71.3 Å². The van der Waals surface area contributed by atoms with Gasteiger partial charge in [0.1, 0.15) is 0 Å². The fourth-order valence-corrected chi connectivity index (χ4v) is 2.09. The van der Waals surface area contributed by atoms with Crippen molar-refractivity contribution in [2.45, 2.75) is 31.9 Å². The first kappa shape index (κ1) is 14.1. The van der Waals surface area contributed by atoms with Crippen LogP contribution in [0.4, 0.5) is 0 Å². The molecule has 0 aliphatic carbocycles. The Bertz CT molecular complexity index is 503. The number of benzene rings is 2. The molecule has 2 heteroatoms. The lowest BCUT2D eigenvalue weighted by Crippen LogP contribution is -2.21.